The molecular weight excluding hydrogens is 232 g/mol. The zero-order chi connectivity index (χ0) is 10.9. The van der Waals surface area contributed by atoms with Gasteiger partial charge in [0.1, 0.15) is 5.82 Å². The second-order valence-electron chi connectivity index (χ2n) is 2.40. The highest BCUT2D eigenvalue weighted by Crippen LogP contribution is 2.29. The molecule has 2 N–H and O–H groups in total. The van der Waals surface area contributed by atoms with Crippen LogP contribution in [0.1, 0.15) is 15.9 Å². The van der Waals surface area contributed by atoms with E-state index in [2.05, 4.69) is 0 Å². The summed E-state index contributed by atoms with van der Waals surface area (Å²) >= 11 is 11.1. The highest BCUT2D eigenvalue weighted by Gasteiger charge is 2.18. The molecule has 1 rings (SSSR count). The monoisotopic (exact) mass is 235 g/mol. The van der Waals surface area contributed by atoms with Gasteiger partial charge in [-0.2, -0.15) is 0 Å². The largest absolute Gasteiger partial charge is 0.478 e. The summed E-state index contributed by atoms with van der Waals surface area (Å²) < 4.78 is 13.0. The van der Waals surface area contributed by atoms with E-state index in [4.69, 9.17) is 33.7 Å². The molecule has 0 unspecified atom stereocenters. The van der Waals surface area contributed by atoms with Crippen molar-refractivity contribution in [3.05, 3.63) is 33.1 Å². The molecule has 0 aliphatic heterocycles. The summed E-state index contributed by atoms with van der Waals surface area (Å²) in [6, 6.07) is 0.722. The van der Waals surface area contributed by atoms with E-state index in [0.717, 1.165) is 6.07 Å². The maximum Gasteiger partial charge on any atom is 0.337 e. The maximum atomic E-state index is 13.0. The summed E-state index contributed by atoms with van der Waals surface area (Å²) in [5.74, 6) is -2.28. The van der Waals surface area contributed by atoms with Crippen LogP contribution in [-0.2, 0) is 0 Å². The van der Waals surface area contributed by atoms with Crippen molar-refractivity contribution < 1.29 is 14.3 Å². The normalized spacial score (nSPS) is 9.93. The SMILES string of the molecule is N=Cc1c(Cl)c(F)cc(C(=O)O)c1Cl. The van der Waals surface area contributed by atoms with Crippen molar-refractivity contribution in [2.75, 3.05) is 0 Å². The van der Waals surface area contributed by atoms with Gasteiger partial charge in [-0.15, -0.1) is 0 Å². The molecule has 1 aromatic carbocycles. The first-order valence-corrected chi connectivity index (χ1v) is 4.16. The highest BCUT2D eigenvalue weighted by atomic mass is 35.5. The Kier molecular flexibility index (Phi) is 3.08. The molecule has 0 spiro atoms. The second kappa shape index (κ2) is 3.94. The molecule has 14 heavy (non-hydrogen) atoms. The molecule has 0 bridgehead atoms. The van der Waals surface area contributed by atoms with Crippen LogP contribution in [-0.4, -0.2) is 17.3 Å². The van der Waals surface area contributed by atoms with Crippen LogP contribution in [0.4, 0.5) is 4.39 Å². The summed E-state index contributed by atoms with van der Waals surface area (Å²) in [5, 5.41) is 14.9. The molecule has 0 fully saturated rings. The van der Waals surface area contributed by atoms with Crippen molar-refractivity contribution in [2.45, 2.75) is 0 Å². The Morgan fingerprint density at radius 1 is 1.50 bits per heavy atom. The van der Waals surface area contributed by atoms with Crippen LogP contribution in [0.2, 0.25) is 10.0 Å². The van der Waals surface area contributed by atoms with Gasteiger partial charge in [-0.05, 0) is 6.07 Å². The Bertz CT molecular complexity index is 420. The average molecular weight is 236 g/mol. The van der Waals surface area contributed by atoms with Gasteiger partial charge in [-0.1, -0.05) is 23.2 Å². The molecule has 1 aromatic rings. The van der Waals surface area contributed by atoms with E-state index in [1.165, 1.54) is 0 Å². The molecule has 0 aliphatic rings. The number of aromatic carboxylic acids is 1. The second-order valence-corrected chi connectivity index (χ2v) is 3.15. The molecule has 0 radical (unpaired) electrons. The van der Waals surface area contributed by atoms with Gasteiger partial charge in [0.05, 0.1) is 15.6 Å². The van der Waals surface area contributed by atoms with Crippen molar-refractivity contribution in [1.82, 2.24) is 0 Å². The van der Waals surface area contributed by atoms with E-state index >= 15 is 0 Å². The summed E-state index contributed by atoms with van der Waals surface area (Å²) in [6.07, 6.45) is 0.709. The fraction of sp³-hybridized carbons (Fsp3) is 0. The Morgan fingerprint density at radius 3 is 2.50 bits per heavy atom. The van der Waals surface area contributed by atoms with E-state index in [0.29, 0.717) is 6.21 Å². The fourth-order valence-corrected chi connectivity index (χ4v) is 1.44. The zero-order valence-electron chi connectivity index (χ0n) is 6.64. The van der Waals surface area contributed by atoms with Crippen LogP contribution < -0.4 is 0 Å². The molecule has 0 saturated heterocycles. The van der Waals surface area contributed by atoms with E-state index in [1.54, 1.807) is 0 Å². The van der Waals surface area contributed by atoms with E-state index in [-0.39, 0.29) is 15.6 Å². The third kappa shape index (κ3) is 1.71. The summed E-state index contributed by atoms with van der Waals surface area (Å²) in [4.78, 5) is 10.6. The number of carbonyl (C=O) groups is 1. The lowest BCUT2D eigenvalue weighted by atomic mass is 10.1. The first-order valence-electron chi connectivity index (χ1n) is 3.40. The summed E-state index contributed by atoms with van der Waals surface area (Å²) in [7, 11) is 0. The molecule has 74 valence electrons. The predicted molar refractivity (Wildman–Crippen MR) is 51.3 cm³/mol. The van der Waals surface area contributed by atoms with Crippen molar-refractivity contribution in [2.24, 2.45) is 0 Å². The van der Waals surface area contributed by atoms with Crippen molar-refractivity contribution >= 4 is 35.4 Å². The molecular formula is C8H4Cl2FNO2. The Labute approximate surface area is 88.6 Å². The Hall–Kier alpha value is -1.13. The number of rotatable bonds is 2. The van der Waals surface area contributed by atoms with Gasteiger partial charge < -0.3 is 10.5 Å². The molecule has 0 saturated carbocycles. The first kappa shape index (κ1) is 10.9. The molecule has 0 aromatic heterocycles. The van der Waals surface area contributed by atoms with Crippen molar-refractivity contribution in [3.8, 4) is 0 Å². The lowest BCUT2D eigenvalue weighted by Crippen LogP contribution is -2.02. The molecule has 3 nitrogen and oxygen atoms in total. The number of carboxylic acid groups (broad SMARTS) is 1. The number of halogens is 3. The van der Waals surface area contributed by atoms with Crippen LogP contribution in [0.3, 0.4) is 0 Å². The number of carboxylic acids is 1. The third-order valence-electron chi connectivity index (χ3n) is 1.56. The lowest BCUT2D eigenvalue weighted by molar-refractivity contribution is 0.0696. The number of hydrogen-bond acceptors (Lipinski definition) is 2. The van der Waals surface area contributed by atoms with E-state index < -0.39 is 17.3 Å². The molecule has 0 atom stereocenters. The van der Waals surface area contributed by atoms with Gasteiger partial charge in [-0.25, -0.2) is 9.18 Å². The Balaban J connectivity index is 3.58. The summed E-state index contributed by atoms with van der Waals surface area (Å²) in [5.41, 5.74) is -0.544. The maximum absolute atomic E-state index is 13.0. The van der Waals surface area contributed by atoms with Crippen molar-refractivity contribution in [1.29, 1.82) is 5.41 Å². The van der Waals surface area contributed by atoms with Crippen molar-refractivity contribution in [3.63, 3.8) is 0 Å². The van der Waals surface area contributed by atoms with Crippen LogP contribution in [0.15, 0.2) is 6.07 Å². The highest BCUT2D eigenvalue weighted by molar-refractivity contribution is 6.40. The fourth-order valence-electron chi connectivity index (χ4n) is 0.906. The van der Waals surface area contributed by atoms with Gasteiger partial charge >= 0.3 is 5.97 Å². The minimum absolute atomic E-state index is 0.134. The molecule has 0 heterocycles. The van der Waals surface area contributed by atoms with Gasteiger partial charge in [0, 0.05) is 11.8 Å². The van der Waals surface area contributed by atoms with Gasteiger partial charge in [0.15, 0.2) is 0 Å². The van der Waals surface area contributed by atoms with Gasteiger partial charge in [0.25, 0.3) is 0 Å². The minimum Gasteiger partial charge on any atom is -0.478 e. The van der Waals surface area contributed by atoms with Gasteiger partial charge in [-0.3, -0.25) is 0 Å². The summed E-state index contributed by atoms with van der Waals surface area (Å²) in [6.45, 7) is 0. The molecule has 0 aliphatic carbocycles. The van der Waals surface area contributed by atoms with Crippen LogP contribution >= 0.6 is 23.2 Å². The first-order chi connectivity index (χ1) is 6.49. The number of nitrogens with one attached hydrogen (secondary N) is 1. The van der Waals surface area contributed by atoms with E-state index in [1.807, 2.05) is 0 Å². The Morgan fingerprint density at radius 2 is 2.07 bits per heavy atom. The zero-order valence-corrected chi connectivity index (χ0v) is 8.16. The quantitative estimate of drug-likeness (QED) is 0.612. The smallest absolute Gasteiger partial charge is 0.337 e. The lowest BCUT2D eigenvalue weighted by Gasteiger charge is -2.05. The van der Waals surface area contributed by atoms with Gasteiger partial charge in [0.2, 0.25) is 0 Å². The van der Waals surface area contributed by atoms with E-state index in [9.17, 15) is 9.18 Å². The topological polar surface area (TPSA) is 61.2 Å². The predicted octanol–water partition coefficient (Wildman–Crippen LogP) is 2.83. The van der Waals surface area contributed by atoms with Crippen LogP contribution in [0.5, 0.6) is 0 Å². The molecule has 6 heteroatoms. The number of benzene rings is 1. The standard InChI is InChI=1S/C8H4Cl2FNO2/c9-6-3(8(13)14)1-5(11)7(10)4(6)2-12/h1-2,12H,(H,13,14). The van der Waals surface area contributed by atoms with Crippen LogP contribution in [0.25, 0.3) is 0 Å². The van der Waals surface area contributed by atoms with Crippen LogP contribution in [0, 0.1) is 11.2 Å². The third-order valence-corrected chi connectivity index (χ3v) is 2.36. The molecule has 0 amide bonds. The minimum atomic E-state index is -1.37. The average Bonchev–Trinajstić information content (AvgIpc) is 2.12. The number of hydrogen-bond donors (Lipinski definition) is 2.